The van der Waals surface area contributed by atoms with E-state index >= 15 is 0 Å². The van der Waals surface area contributed by atoms with Gasteiger partial charge in [0.2, 0.25) is 5.91 Å². The summed E-state index contributed by atoms with van der Waals surface area (Å²) in [6.45, 7) is 0.931. The highest BCUT2D eigenvalue weighted by Crippen LogP contribution is 2.30. The van der Waals surface area contributed by atoms with E-state index in [9.17, 15) is 9.59 Å². The van der Waals surface area contributed by atoms with Gasteiger partial charge in [-0.05, 0) is 23.3 Å². The van der Waals surface area contributed by atoms with Gasteiger partial charge in [0.1, 0.15) is 6.61 Å². The molecule has 0 unspecified atom stereocenters. The van der Waals surface area contributed by atoms with Crippen LogP contribution in [0.5, 0.6) is 0 Å². The van der Waals surface area contributed by atoms with Crippen molar-refractivity contribution in [2.45, 2.75) is 25.1 Å². The molecule has 1 aromatic carbocycles. The van der Waals surface area contributed by atoms with Crippen molar-refractivity contribution in [3.05, 3.63) is 64.4 Å². The summed E-state index contributed by atoms with van der Waals surface area (Å²) in [6, 6.07) is 10.4. The Balaban J connectivity index is 1.59. The van der Waals surface area contributed by atoms with Gasteiger partial charge in [0.05, 0.1) is 6.04 Å². The van der Waals surface area contributed by atoms with E-state index in [2.05, 4.69) is 10.3 Å². The van der Waals surface area contributed by atoms with Crippen LogP contribution in [0.1, 0.15) is 22.9 Å². The van der Waals surface area contributed by atoms with Crippen molar-refractivity contribution in [3.63, 3.8) is 0 Å². The molecule has 1 fully saturated rings. The minimum absolute atomic E-state index is 0.136. The minimum Gasteiger partial charge on any atom is -0.356 e. The van der Waals surface area contributed by atoms with Gasteiger partial charge in [0.25, 0.3) is 5.91 Å². The first-order valence-corrected chi connectivity index (χ1v) is 8.88. The zero-order valence-corrected chi connectivity index (χ0v) is 14.8. The van der Waals surface area contributed by atoms with Gasteiger partial charge in [-0.1, -0.05) is 35.9 Å². The number of halogens is 1. The summed E-state index contributed by atoms with van der Waals surface area (Å²) < 4.78 is 5.64. The number of nitrogens with zero attached hydrogens (tertiary/aromatic N) is 2. The second-order valence-corrected chi connectivity index (χ2v) is 6.82. The molecule has 6 nitrogen and oxygen atoms in total. The molecule has 0 aliphatic carbocycles. The van der Waals surface area contributed by atoms with Gasteiger partial charge in [0.15, 0.2) is 6.10 Å². The summed E-state index contributed by atoms with van der Waals surface area (Å²) in [5.74, 6) is -0.406. The number of pyridine rings is 1. The molecule has 1 N–H and O–H groups in total. The SMILES string of the molecule is O=C1CO[C@H](C(=O)N2CCc3ncccc3C2)[C@@H](c2ccccc2Cl)N1. The number of hydrogen-bond donors (Lipinski definition) is 1. The van der Waals surface area contributed by atoms with Crippen LogP contribution in [0.15, 0.2) is 42.6 Å². The van der Waals surface area contributed by atoms with Crippen LogP contribution in [0.3, 0.4) is 0 Å². The minimum atomic E-state index is -0.800. The molecular weight excluding hydrogens is 354 g/mol. The average molecular weight is 372 g/mol. The number of nitrogens with one attached hydrogen (secondary N) is 1. The van der Waals surface area contributed by atoms with Crippen LogP contribution in [-0.4, -0.2) is 41.0 Å². The lowest BCUT2D eigenvalue weighted by molar-refractivity contribution is -0.156. The smallest absolute Gasteiger partial charge is 0.254 e. The van der Waals surface area contributed by atoms with Crippen molar-refractivity contribution in [2.75, 3.05) is 13.2 Å². The molecule has 2 atom stereocenters. The molecule has 2 aliphatic rings. The predicted octanol–water partition coefficient (Wildman–Crippen LogP) is 1.88. The van der Waals surface area contributed by atoms with E-state index in [1.807, 2.05) is 24.3 Å². The van der Waals surface area contributed by atoms with Crippen molar-refractivity contribution >= 4 is 23.4 Å². The van der Waals surface area contributed by atoms with Crippen molar-refractivity contribution in [1.82, 2.24) is 15.2 Å². The topological polar surface area (TPSA) is 71.5 Å². The Bertz CT molecular complexity index is 857. The Kier molecular flexibility index (Phi) is 4.61. The molecule has 2 aromatic rings. The lowest BCUT2D eigenvalue weighted by atomic mass is 9.97. The highest BCUT2D eigenvalue weighted by Gasteiger charge is 2.39. The lowest BCUT2D eigenvalue weighted by Crippen LogP contribution is -2.54. The van der Waals surface area contributed by atoms with E-state index < -0.39 is 12.1 Å². The Morgan fingerprint density at radius 2 is 2.12 bits per heavy atom. The number of amides is 2. The first kappa shape index (κ1) is 17.0. The van der Waals surface area contributed by atoms with E-state index in [0.717, 1.165) is 11.3 Å². The number of carbonyl (C=O) groups excluding carboxylic acids is 2. The number of morpholine rings is 1. The monoisotopic (exact) mass is 371 g/mol. The van der Waals surface area contributed by atoms with Gasteiger partial charge < -0.3 is 15.0 Å². The van der Waals surface area contributed by atoms with E-state index in [-0.39, 0.29) is 18.4 Å². The van der Waals surface area contributed by atoms with Gasteiger partial charge in [-0.25, -0.2) is 0 Å². The van der Waals surface area contributed by atoms with Crippen LogP contribution < -0.4 is 5.32 Å². The van der Waals surface area contributed by atoms with Crippen molar-refractivity contribution in [3.8, 4) is 0 Å². The fourth-order valence-corrected chi connectivity index (χ4v) is 3.72. The van der Waals surface area contributed by atoms with Gasteiger partial charge in [-0.15, -0.1) is 0 Å². The van der Waals surface area contributed by atoms with Crippen LogP contribution in [0.2, 0.25) is 5.02 Å². The molecule has 1 saturated heterocycles. The normalized spacial score (nSPS) is 22.5. The Labute approximate surface area is 156 Å². The van der Waals surface area contributed by atoms with Gasteiger partial charge in [0, 0.05) is 36.4 Å². The van der Waals surface area contributed by atoms with Crippen LogP contribution in [0, 0.1) is 0 Å². The second kappa shape index (κ2) is 7.05. The van der Waals surface area contributed by atoms with Gasteiger partial charge in [-0.2, -0.15) is 0 Å². The molecule has 26 heavy (non-hydrogen) atoms. The maximum absolute atomic E-state index is 13.2. The van der Waals surface area contributed by atoms with Crippen molar-refractivity contribution in [1.29, 1.82) is 0 Å². The third-order valence-corrected chi connectivity index (χ3v) is 5.12. The first-order chi connectivity index (χ1) is 12.6. The zero-order valence-electron chi connectivity index (χ0n) is 14.0. The number of rotatable bonds is 2. The maximum atomic E-state index is 13.2. The fourth-order valence-electron chi connectivity index (χ4n) is 3.47. The fraction of sp³-hybridized carbons (Fsp3) is 0.316. The van der Waals surface area contributed by atoms with E-state index in [4.69, 9.17) is 16.3 Å². The lowest BCUT2D eigenvalue weighted by Gasteiger charge is -2.37. The average Bonchev–Trinajstić information content (AvgIpc) is 2.67. The largest absolute Gasteiger partial charge is 0.356 e. The molecule has 4 rings (SSSR count). The summed E-state index contributed by atoms with van der Waals surface area (Å²) in [4.78, 5) is 31.1. The molecule has 1 aromatic heterocycles. The van der Waals surface area contributed by atoms with Crippen LogP contribution >= 0.6 is 11.6 Å². The molecule has 7 heteroatoms. The molecule has 0 bridgehead atoms. The van der Waals surface area contributed by atoms with Crippen LogP contribution in [-0.2, 0) is 27.3 Å². The van der Waals surface area contributed by atoms with E-state index in [1.165, 1.54) is 0 Å². The summed E-state index contributed by atoms with van der Waals surface area (Å²) in [5.41, 5.74) is 2.75. The number of carbonyl (C=O) groups is 2. The highest BCUT2D eigenvalue weighted by atomic mass is 35.5. The Morgan fingerprint density at radius 1 is 1.27 bits per heavy atom. The zero-order chi connectivity index (χ0) is 18.1. The molecule has 0 saturated carbocycles. The number of hydrogen-bond acceptors (Lipinski definition) is 4. The number of fused-ring (bicyclic) bond motifs is 1. The molecule has 3 heterocycles. The third kappa shape index (κ3) is 3.18. The maximum Gasteiger partial charge on any atom is 0.254 e. The van der Waals surface area contributed by atoms with E-state index in [1.54, 1.807) is 23.2 Å². The highest BCUT2D eigenvalue weighted by molar-refractivity contribution is 6.31. The molecule has 134 valence electrons. The molecular formula is C19H18ClN3O3. The molecule has 2 aliphatic heterocycles. The van der Waals surface area contributed by atoms with Crippen molar-refractivity contribution < 1.29 is 14.3 Å². The third-order valence-electron chi connectivity index (χ3n) is 4.77. The summed E-state index contributed by atoms with van der Waals surface area (Å²) >= 11 is 6.29. The summed E-state index contributed by atoms with van der Waals surface area (Å²) in [5, 5.41) is 3.35. The van der Waals surface area contributed by atoms with Crippen LogP contribution in [0.4, 0.5) is 0 Å². The molecule has 0 radical (unpaired) electrons. The number of benzene rings is 1. The van der Waals surface area contributed by atoms with E-state index in [0.29, 0.717) is 30.1 Å². The first-order valence-electron chi connectivity index (χ1n) is 8.50. The predicted molar refractivity (Wildman–Crippen MR) is 95.4 cm³/mol. The standard InChI is InChI=1S/C19H18ClN3O3/c20-14-6-2-1-5-13(14)17-18(26-11-16(24)22-17)19(25)23-9-7-15-12(10-23)4-3-8-21-15/h1-6,8,17-18H,7,9-11H2,(H,22,24)/t17-,18+/m1/s1. The Morgan fingerprint density at radius 3 is 2.96 bits per heavy atom. The number of ether oxygens (including phenoxy) is 1. The van der Waals surface area contributed by atoms with Gasteiger partial charge >= 0.3 is 0 Å². The quantitative estimate of drug-likeness (QED) is 0.875. The number of aromatic nitrogens is 1. The Hall–Kier alpha value is -2.44. The molecule has 0 spiro atoms. The summed E-state index contributed by atoms with van der Waals surface area (Å²) in [6.07, 6.45) is 1.67. The van der Waals surface area contributed by atoms with Crippen molar-refractivity contribution in [2.24, 2.45) is 0 Å². The summed E-state index contributed by atoms with van der Waals surface area (Å²) in [7, 11) is 0. The second-order valence-electron chi connectivity index (χ2n) is 6.42. The van der Waals surface area contributed by atoms with Crippen LogP contribution in [0.25, 0.3) is 0 Å². The van der Waals surface area contributed by atoms with Gasteiger partial charge in [-0.3, -0.25) is 14.6 Å². The molecule has 2 amide bonds.